The van der Waals surface area contributed by atoms with Gasteiger partial charge in [-0.15, -0.1) is 11.3 Å². The Hall–Kier alpha value is -0.630. The van der Waals surface area contributed by atoms with Crippen molar-refractivity contribution in [2.24, 2.45) is 0 Å². The molecule has 0 aliphatic heterocycles. The number of hydrogen-bond donors (Lipinski definition) is 0. The summed E-state index contributed by atoms with van der Waals surface area (Å²) in [7, 11) is -2.23. The van der Waals surface area contributed by atoms with E-state index in [1.807, 2.05) is 13.8 Å². The van der Waals surface area contributed by atoms with Gasteiger partial charge >= 0.3 is 0 Å². The van der Waals surface area contributed by atoms with Crippen molar-refractivity contribution in [1.29, 1.82) is 0 Å². The minimum atomic E-state index is -3.66. The highest BCUT2D eigenvalue weighted by atomic mass is 35.5. The summed E-state index contributed by atoms with van der Waals surface area (Å²) < 4.78 is 26.4. The zero-order valence-corrected chi connectivity index (χ0v) is 14.6. The molecule has 0 unspecified atom stereocenters. The second kappa shape index (κ2) is 6.24. The maximum absolute atomic E-state index is 12.4. The van der Waals surface area contributed by atoms with E-state index in [-0.39, 0.29) is 28.7 Å². The molecule has 21 heavy (non-hydrogen) atoms. The SMILES string of the molecule is CC(C)N(C(=O)CN(C)S(=O)(=O)c1ccc(Cl)s1)C1CC1. The lowest BCUT2D eigenvalue weighted by atomic mass is 10.3. The second-order valence-electron chi connectivity index (χ2n) is 5.45. The Balaban J connectivity index is 2.09. The smallest absolute Gasteiger partial charge is 0.252 e. The maximum atomic E-state index is 12.4. The van der Waals surface area contributed by atoms with Crippen LogP contribution in [0.2, 0.25) is 4.34 Å². The molecule has 1 aliphatic rings. The summed E-state index contributed by atoms with van der Waals surface area (Å²) >= 11 is 6.77. The average molecular weight is 351 g/mol. The van der Waals surface area contributed by atoms with Gasteiger partial charge in [0, 0.05) is 19.1 Å². The molecule has 0 radical (unpaired) electrons. The Kier molecular flexibility index (Phi) is 4.97. The third-order valence-corrected chi connectivity index (χ3v) is 6.86. The molecule has 1 fully saturated rings. The Bertz CT molecular complexity index is 621. The summed E-state index contributed by atoms with van der Waals surface area (Å²) in [6.45, 7) is 3.75. The first-order valence-electron chi connectivity index (χ1n) is 6.76. The topological polar surface area (TPSA) is 57.7 Å². The summed E-state index contributed by atoms with van der Waals surface area (Å²) in [5.41, 5.74) is 0. The summed E-state index contributed by atoms with van der Waals surface area (Å²) in [6, 6.07) is 3.35. The largest absolute Gasteiger partial charge is 0.336 e. The van der Waals surface area contributed by atoms with Crippen LogP contribution in [0.4, 0.5) is 0 Å². The van der Waals surface area contributed by atoms with Crippen LogP contribution in [0.3, 0.4) is 0 Å². The standard InChI is InChI=1S/C13H19ClN2O3S2/c1-9(2)16(10-4-5-10)12(17)8-15(3)21(18,19)13-7-6-11(14)20-13/h6-7,9-10H,4-5,8H2,1-3H3. The Labute approximate surface area is 134 Å². The highest BCUT2D eigenvalue weighted by Crippen LogP contribution is 2.30. The van der Waals surface area contributed by atoms with Crippen LogP contribution in [-0.2, 0) is 14.8 Å². The van der Waals surface area contributed by atoms with Crippen LogP contribution in [0.5, 0.6) is 0 Å². The predicted molar refractivity (Wildman–Crippen MR) is 84.1 cm³/mol. The van der Waals surface area contributed by atoms with Crippen LogP contribution in [0.1, 0.15) is 26.7 Å². The highest BCUT2D eigenvalue weighted by molar-refractivity contribution is 7.91. The number of halogens is 1. The number of thiophene rings is 1. The average Bonchev–Trinajstić information content (AvgIpc) is 3.08. The number of nitrogens with zero attached hydrogens (tertiary/aromatic N) is 2. The first-order chi connectivity index (χ1) is 9.73. The molecule has 1 aliphatic carbocycles. The van der Waals surface area contributed by atoms with E-state index in [1.54, 1.807) is 11.0 Å². The van der Waals surface area contributed by atoms with Crippen LogP contribution in [0.15, 0.2) is 16.3 Å². The number of hydrogen-bond acceptors (Lipinski definition) is 4. The second-order valence-corrected chi connectivity index (χ2v) is 9.43. The molecule has 2 rings (SSSR count). The molecule has 8 heteroatoms. The van der Waals surface area contributed by atoms with Crippen molar-refractivity contribution < 1.29 is 13.2 Å². The van der Waals surface area contributed by atoms with Gasteiger partial charge in [-0.05, 0) is 38.8 Å². The van der Waals surface area contributed by atoms with Crippen molar-refractivity contribution in [3.8, 4) is 0 Å². The van der Waals surface area contributed by atoms with Crippen LogP contribution in [0.25, 0.3) is 0 Å². The molecular weight excluding hydrogens is 332 g/mol. The molecule has 0 N–H and O–H groups in total. The fourth-order valence-electron chi connectivity index (χ4n) is 2.21. The van der Waals surface area contributed by atoms with Crippen LogP contribution in [0, 0.1) is 0 Å². The normalized spacial score (nSPS) is 15.7. The van der Waals surface area contributed by atoms with E-state index >= 15 is 0 Å². The Morgan fingerprint density at radius 3 is 2.48 bits per heavy atom. The van der Waals surface area contributed by atoms with Gasteiger partial charge in [0.25, 0.3) is 10.0 Å². The summed E-state index contributed by atoms with van der Waals surface area (Å²) in [4.78, 5) is 14.1. The fourth-order valence-corrected chi connectivity index (χ4v) is 5.03. The molecule has 0 spiro atoms. The first kappa shape index (κ1) is 16.7. The first-order valence-corrected chi connectivity index (χ1v) is 9.39. The molecule has 1 saturated carbocycles. The molecule has 1 amide bonds. The minimum Gasteiger partial charge on any atom is -0.336 e. The van der Waals surface area contributed by atoms with Crippen molar-refractivity contribution in [2.45, 2.75) is 43.0 Å². The van der Waals surface area contributed by atoms with Gasteiger partial charge in [-0.1, -0.05) is 11.6 Å². The molecule has 0 saturated heterocycles. The third-order valence-electron chi connectivity index (χ3n) is 3.36. The number of carbonyl (C=O) groups excluding carboxylic acids is 1. The number of sulfonamides is 1. The Morgan fingerprint density at radius 2 is 2.05 bits per heavy atom. The van der Waals surface area contributed by atoms with E-state index < -0.39 is 10.0 Å². The van der Waals surface area contributed by atoms with Crippen molar-refractivity contribution in [1.82, 2.24) is 9.21 Å². The zero-order chi connectivity index (χ0) is 15.8. The van der Waals surface area contributed by atoms with Crippen molar-refractivity contribution in [3.05, 3.63) is 16.5 Å². The zero-order valence-electron chi connectivity index (χ0n) is 12.2. The van der Waals surface area contributed by atoms with E-state index in [2.05, 4.69) is 0 Å². The molecule has 1 heterocycles. The lowest BCUT2D eigenvalue weighted by Gasteiger charge is -2.28. The summed E-state index contributed by atoms with van der Waals surface area (Å²) in [5, 5.41) is 0. The fraction of sp³-hybridized carbons (Fsp3) is 0.615. The predicted octanol–water partition coefficient (Wildman–Crippen LogP) is 2.42. The Morgan fingerprint density at radius 1 is 1.43 bits per heavy atom. The van der Waals surface area contributed by atoms with Crippen molar-refractivity contribution in [2.75, 3.05) is 13.6 Å². The van der Waals surface area contributed by atoms with E-state index in [1.165, 1.54) is 13.1 Å². The molecule has 0 bridgehead atoms. The summed E-state index contributed by atoms with van der Waals surface area (Å²) in [5.74, 6) is -0.152. The monoisotopic (exact) mass is 350 g/mol. The maximum Gasteiger partial charge on any atom is 0.252 e. The quantitative estimate of drug-likeness (QED) is 0.791. The van der Waals surface area contributed by atoms with Gasteiger partial charge in [0.05, 0.1) is 10.9 Å². The third kappa shape index (κ3) is 3.77. The number of likely N-dealkylation sites (N-methyl/N-ethyl adjacent to an activating group) is 1. The highest BCUT2D eigenvalue weighted by Gasteiger charge is 2.35. The van der Waals surface area contributed by atoms with Crippen molar-refractivity contribution in [3.63, 3.8) is 0 Å². The van der Waals surface area contributed by atoms with E-state index in [4.69, 9.17) is 11.6 Å². The van der Waals surface area contributed by atoms with Crippen LogP contribution >= 0.6 is 22.9 Å². The van der Waals surface area contributed by atoms with Crippen LogP contribution < -0.4 is 0 Å². The number of amides is 1. The molecule has 0 atom stereocenters. The molecule has 0 aromatic carbocycles. The van der Waals surface area contributed by atoms with Gasteiger partial charge in [-0.2, -0.15) is 4.31 Å². The minimum absolute atomic E-state index is 0.0808. The van der Waals surface area contributed by atoms with Gasteiger partial charge in [0.2, 0.25) is 5.91 Å². The number of carbonyl (C=O) groups is 1. The summed E-state index contributed by atoms with van der Waals surface area (Å²) in [6.07, 6.45) is 2.00. The molecule has 1 aromatic heterocycles. The van der Waals surface area contributed by atoms with Crippen molar-refractivity contribution >= 4 is 38.9 Å². The van der Waals surface area contributed by atoms with E-state index in [0.717, 1.165) is 28.5 Å². The lowest BCUT2D eigenvalue weighted by Crippen LogP contribution is -2.45. The van der Waals surface area contributed by atoms with Gasteiger partial charge < -0.3 is 4.90 Å². The van der Waals surface area contributed by atoms with Gasteiger partial charge in [-0.3, -0.25) is 4.79 Å². The van der Waals surface area contributed by atoms with Gasteiger partial charge in [-0.25, -0.2) is 8.42 Å². The molecular formula is C13H19ClN2O3S2. The molecule has 5 nitrogen and oxygen atoms in total. The van der Waals surface area contributed by atoms with Gasteiger partial charge in [0.15, 0.2) is 0 Å². The molecule has 118 valence electrons. The van der Waals surface area contributed by atoms with Crippen LogP contribution in [-0.4, -0.2) is 49.2 Å². The van der Waals surface area contributed by atoms with Gasteiger partial charge in [0.1, 0.15) is 4.21 Å². The van der Waals surface area contributed by atoms with E-state index in [0.29, 0.717) is 4.34 Å². The van der Waals surface area contributed by atoms with E-state index in [9.17, 15) is 13.2 Å². The molecule has 1 aromatic rings. The lowest BCUT2D eigenvalue weighted by molar-refractivity contribution is -0.133. The number of rotatable bonds is 6.